The van der Waals surface area contributed by atoms with E-state index in [4.69, 9.17) is 4.52 Å². The zero-order valence-electron chi connectivity index (χ0n) is 15.2. The minimum atomic E-state index is -0.789. The molecule has 1 aliphatic rings. The number of aromatic nitrogens is 2. The van der Waals surface area contributed by atoms with Crippen LogP contribution in [0.2, 0.25) is 0 Å². The third-order valence-corrected chi connectivity index (χ3v) is 4.91. The highest BCUT2D eigenvalue weighted by molar-refractivity contribution is 5.73. The first-order chi connectivity index (χ1) is 11.2. The Morgan fingerprint density at radius 3 is 2.54 bits per heavy atom. The molecule has 0 bridgehead atoms. The van der Waals surface area contributed by atoms with Crippen molar-refractivity contribution < 1.29 is 14.4 Å². The summed E-state index contributed by atoms with van der Waals surface area (Å²) in [5.41, 5.74) is -0.512. The molecule has 0 atom stereocenters. The number of amides is 2. The van der Waals surface area contributed by atoms with Crippen LogP contribution in [0.5, 0.6) is 0 Å². The van der Waals surface area contributed by atoms with Crippen molar-refractivity contribution in [2.24, 2.45) is 11.3 Å². The van der Waals surface area contributed by atoms with Gasteiger partial charge in [0.2, 0.25) is 5.89 Å². The zero-order chi connectivity index (χ0) is 17.8. The van der Waals surface area contributed by atoms with Gasteiger partial charge in [-0.1, -0.05) is 25.9 Å². The number of nitrogens with one attached hydrogen (secondary N) is 2. The summed E-state index contributed by atoms with van der Waals surface area (Å²) in [6.07, 6.45) is 3.96. The Morgan fingerprint density at radius 2 is 2.00 bits per heavy atom. The molecule has 0 radical (unpaired) electrons. The largest absolute Gasteiger partial charge is 0.388 e. The highest BCUT2D eigenvalue weighted by Gasteiger charge is 2.37. The third kappa shape index (κ3) is 5.47. The number of hydrogen-bond donors (Lipinski definition) is 3. The summed E-state index contributed by atoms with van der Waals surface area (Å²) in [7, 11) is 0. The molecule has 7 nitrogen and oxygen atoms in total. The molecular weight excluding hydrogens is 308 g/mol. The van der Waals surface area contributed by atoms with Crippen LogP contribution in [0.3, 0.4) is 0 Å². The van der Waals surface area contributed by atoms with E-state index in [9.17, 15) is 9.90 Å². The number of hydrogen-bond acceptors (Lipinski definition) is 5. The van der Waals surface area contributed by atoms with Crippen molar-refractivity contribution in [2.75, 3.05) is 13.1 Å². The molecule has 0 saturated heterocycles. The fraction of sp³-hybridized carbons (Fsp3) is 0.824. The van der Waals surface area contributed by atoms with E-state index in [1.165, 1.54) is 0 Å². The topological polar surface area (TPSA) is 100 Å². The van der Waals surface area contributed by atoms with Crippen molar-refractivity contribution in [1.82, 2.24) is 20.8 Å². The van der Waals surface area contributed by atoms with Crippen LogP contribution in [-0.4, -0.2) is 40.0 Å². The Labute approximate surface area is 143 Å². The quantitative estimate of drug-likeness (QED) is 0.764. The van der Waals surface area contributed by atoms with Gasteiger partial charge in [-0.05, 0) is 43.9 Å². The molecule has 2 rings (SSSR count). The Kier molecular flexibility index (Phi) is 5.85. The molecule has 136 valence electrons. The molecule has 0 aromatic carbocycles. The van der Waals surface area contributed by atoms with Crippen molar-refractivity contribution >= 4 is 6.03 Å². The van der Waals surface area contributed by atoms with Gasteiger partial charge >= 0.3 is 6.03 Å². The van der Waals surface area contributed by atoms with Crippen molar-refractivity contribution in [1.29, 1.82) is 0 Å². The van der Waals surface area contributed by atoms with E-state index in [2.05, 4.69) is 41.5 Å². The van der Waals surface area contributed by atoms with Crippen molar-refractivity contribution in [3.8, 4) is 0 Å². The molecule has 1 heterocycles. The van der Waals surface area contributed by atoms with Crippen LogP contribution in [0.1, 0.15) is 58.2 Å². The molecule has 3 N–H and O–H groups in total. The van der Waals surface area contributed by atoms with Crippen molar-refractivity contribution in [3.05, 3.63) is 11.7 Å². The molecule has 7 heteroatoms. The first-order valence-electron chi connectivity index (χ1n) is 8.71. The van der Waals surface area contributed by atoms with E-state index in [0.717, 1.165) is 25.7 Å². The lowest BCUT2D eigenvalue weighted by molar-refractivity contribution is -0.0218. The molecule has 0 aliphatic heterocycles. The zero-order valence-corrected chi connectivity index (χ0v) is 15.2. The second-order valence-electron chi connectivity index (χ2n) is 7.96. The second-order valence-corrected chi connectivity index (χ2v) is 7.96. The summed E-state index contributed by atoms with van der Waals surface area (Å²) in [4.78, 5) is 15.9. The van der Waals surface area contributed by atoms with Gasteiger partial charge < -0.3 is 20.3 Å². The number of carbonyl (C=O) groups excluding carboxylic acids is 1. The van der Waals surface area contributed by atoms with E-state index in [1.54, 1.807) is 6.92 Å². The van der Waals surface area contributed by atoms with Crippen LogP contribution in [0, 0.1) is 18.3 Å². The lowest BCUT2D eigenvalue weighted by Crippen LogP contribution is -2.49. The first kappa shape index (κ1) is 18.7. The number of carbonyl (C=O) groups is 1. The maximum absolute atomic E-state index is 11.8. The summed E-state index contributed by atoms with van der Waals surface area (Å²) in [5, 5.41) is 19.8. The maximum atomic E-state index is 11.8. The predicted molar refractivity (Wildman–Crippen MR) is 90.5 cm³/mol. The highest BCUT2D eigenvalue weighted by atomic mass is 16.5. The molecule has 0 spiro atoms. The van der Waals surface area contributed by atoms with Crippen LogP contribution >= 0.6 is 0 Å². The Morgan fingerprint density at radius 1 is 1.33 bits per heavy atom. The van der Waals surface area contributed by atoms with Gasteiger partial charge in [-0.25, -0.2) is 4.79 Å². The van der Waals surface area contributed by atoms with E-state index in [0.29, 0.717) is 30.6 Å². The third-order valence-electron chi connectivity index (χ3n) is 4.91. The van der Waals surface area contributed by atoms with E-state index >= 15 is 0 Å². The maximum Gasteiger partial charge on any atom is 0.314 e. The summed E-state index contributed by atoms with van der Waals surface area (Å²) < 4.78 is 4.98. The fourth-order valence-electron chi connectivity index (χ4n) is 3.23. The Hall–Kier alpha value is -1.63. The molecule has 2 amide bonds. The minimum absolute atomic E-state index is 0.277. The van der Waals surface area contributed by atoms with E-state index in [1.807, 2.05) is 0 Å². The Bertz CT molecular complexity index is 542. The molecule has 1 fully saturated rings. The second kappa shape index (κ2) is 7.51. The smallest absolute Gasteiger partial charge is 0.314 e. The van der Waals surface area contributed by atoms with Crippen LogP contribution in [0.4, 0.5) is 4.79 Å². The summed E-state index contributed by atoms with van der Waals surface area (Å²) in [6.45, 7) is 9.20. The standard InChI is InChI=1S/C17H30N4O3/c1-12-20-14(24-21-12)7-10-18-15(22)19-11-17(23)8-5-13(6-9-17)16(2,3)4/h13,23H,5-11H2,1-4H3,(H2,18,19,22). The molecular formula is C17H30N4O3. The summed E-state index contributed by atoms with van der Waals surface area (Å²) >= 11 is 0. The van der Waals surface area contributed by atoms with Gasteiger partial charge in [0.1, 0.15) is 0 Å². The Balaban J connectivity index is 1.66. The van der Waals surface area contributed by atoms with Gasteiger partial charge in [0, 0.05) is 19.5 Å². The van der Waals surface area contributed by atoms with Crippen molar-refractivity contribution in [2.45, 2.75) is 65.4 Å². The number of rotatable bonds is 5. The SMILES string of the molecule is Cc1noc(CCNC(=O)NCC2(O)CCC(C(C)(C)C)CC2)n1. The molecule has 0 unspecified atom stereocenters. The average Bonchev–Trinajstić information content (AvgIpc) is 2.90. The van der Waals surface area contributed by atoms with Gasteiger partial charge in [0.15, 0.2) is 5.82 Å². The van der Waals surface area contributed by atoms with E-state index in [-0.39, 0.29) is 18.0 Å². The van der Waals surface area contributed by atoms with Gasteiger partial charge in [0.05, 0.1) is 5.60 Å². The van der Waals surface area contributed by atoms with Gasteiger partial charge in [-0.15, -0.1) is 0 Å². The fourth-order valence-corrected chi connectivity index (χ4v) is 3.23. The van der Waals surface area contributed by atoms with Gasteiger partial charge in [-0.2, -0.15) is 4.98 Å². The predicted octanol–water partition coefficient (Wildman–Crippen LogP) is 2.19. The molecule has 1 aromatic rings. The minimum Gasteiger partial charge on any atom is -0.388 e. The number of nitrogens with zero attached hydrogens (tertiary/aromatic N) is 2. The number of aryl methyl sites for hydroxylation is 1. The molecule has 1 saturated carbocycles. The number of urea groups is 1. The lowest BCUT2D eigenvalue weighted by atomic mass is 9.68. The van der Waals surface area contributed by atoms with Gasteiger partial charge in [-0.3, -0.25) is 0 Å². The average molecular weight is 338 g/mol. The first-order valence-corrected chi connectivity index (χ1v) is 8.71. The number of aliphatic hydroxyl groups is 1. The highest BCUT2D eigenvalue weighted by Crippen LogP contribution is 2.41. The van der Waals surface area contributed by atoms with Crippen LogP contribution in [-0.2, 0) is 6.42 Å². The van der Waals surface area contributed by atoms with Gasteiger partial charge in [0.25, 0.3) is 0 Å². The van der Waals surface area contributed by atoms with Crippen LogP contribution < -0.4 is 10.6 Å². The van der Waals surface area contributed by atoms with Crippen molar-refractivity contribution in [3.63, 3.8) is 0 Å². The van der Waals surface area contributed by atoms with E-state index < -0.39 is 5.60 Å². The molecule has 1 aromatic heterocycles. The van der Waals surface area contributed by atoms with Crippen LogP contribution in [0.25, 0.3) is 0 Å². The normalized spacial score (nSPS) is 24.6. The van der Waals surface area contributed by atoms with Crippen LogP contribution in [0.15, 0.2) is 4.52 Å². The molecule has 24 heavy (non-hydrogen) atoms. The summed E-state index contributed by atoms with van der Waals surface area (Å²) in [5.74, 6) is 1.72. The molecule has 1 aliphatic carbocycles. The summed E-state index contributed by atoms with van der Waals surface area (Å²) in [6, 6.07) is -0.280. The monoisotopic (exact) mass is 338 g/mol. The lowest BCUT2D eigenvalue weighted by Gasteiger charge is -2.41.